The van der Waals surface area contributed by atoms with Crippen LogP contribution in [0.15, 0.2) is 12.1 Å². The van der Waals surface area contributed by atoms with Crippen molar-refractivity contribution in [1.82, 2.24) is 5.32 Å². The topological polar surface area (TPSA) is 55.1 Å². The first-order valence-corrected chi connectivity index (χ1v) is 6.36. The van der Waals surface area contributed by atoms with Crippen molar-refractivity contribution in [3.63, 3.8) is 0 Å². The van der Waals surface area contributed by atoms with Gasteiger partial charge in [0, 0.05) is 6.04 Å². The first-order valence-electron chi connectivity index (χ1n) is 6.36. The summed E-state index contributed by atoms with van der Waals surface area (Å²) in [5, 5.41) is 2.65. The van der Waals surface area contributed by atoms with Crippen LogP contribution >= 0.6 is 0 Å². The maximum atomic E-state index is 13.6. The molecule has 1 aromatic rings. The number of rotatable bonds is 5. The van der Waals surface area contributed by atoms with Crippen LogP contribution in [0.3, 0.4) is 0 Å². The molecule has 0 saturated carbocycles. The standard InChI is InChI=1S/C14H20F2N2O/c1-8(2)4-5-9(3)18-14(19)11-6-10(15)7-12(17)13(11)16/h6-9H,4-5,17H2,1-3H3,(H,18,19). The second-order valence-electron chi connectivity index (χ2n) is 5.20. The van der Waals surface area contributed by atoms with E-state index in [0.717, 1.165) is 25.0 Å². The normalized spacial score (nSPS) is 12.5. The fraction of sp³-hybridized carbons (Fsp3) is 0.500. The monoisotopic (exact) mass is 270 g/mol. The molecule has 0 fully saturated rings. The summed E-state index contributed by atoms with van der Waals surface area (Å²) in [6.07, 6.45) is 1.74. The average Bonchev–Trinajstić information content (AvgIpc) is 2.31. The Bertz CT molecular complexity index is 461. The number of hydrogen-bond donors (Lipinski definition) is 2. The van der Waals surface area contributed by atoms with Gasteiger partial charge in [-0.05, 0) is 37.8 Å². The first kappa shape index (κ1) is 15.4. The highest BCUT2D eigenvalue weighted by Crippen LogP contribution is 2.17. The number of nitrogens with one attached hydrogen (secondary N) is 1. The third kappa shape index (κ3) is 4.50. The van der Waals surface area contributed by atoms with Gasteiger partial charge in [0.25, 0.3) is 5.91 Å². The minimum atomic E-state index is -0.880. The van der Waals surface area contributed by atoms with Gasteiger partial charge in [0.15, 0.2) is 5.82 Å². The molecule has 1 rings (SSSR count). The van der Waals surface area contributed by atoms with Crippen molar-refractivity contribution in [3.05, 3.63) is 29.3 Å². The van der Waals surface area contributed by atoms with Crippen molar-refractivity contribution in [2.24, 2.45) is 5.92 Å². The zero-order valence-electron chi connectivity index (χ0n) is 11.5. The van der Waals surface area contributed by atoms with E-state index in [9.17, 15) is 13.6 Å². The number of nitrogen functional groups attached to an aromatic ring is 1. The van der Waals surface area contributed by atoms with Gasteiger partial charge in [0.2, 0.25) is 0 Å². The molecule has 3 nitrogen and oxygen atoms in total. The summed E-state index contributed by atoms with van der Waals surface area (Å²) in [6, 6.07) is 1.61. The quantitative estimate of drug-likeness (QED) is 0.808. The van der Waals surface area contributed by atoms with Crippen LogP contribution in [0.5, 0.6) is 0 Å². The Morgan fingerprint density at radius 2 is 1.89 bits per heavy atom. The molecule has 1 amide bonds. The molecular formula is C14H20F2N2O. The van der Waals surface area contributed by atoms with Crippen molar-refractivity contribution >= 4 is 11.6 Å². The van der Waals surface area contributed by atoms with E-state index in [-0.39, 0.29) is 17.3 Å². The summed E-state index contributed by atoms with van der Waals surface area (Å²) in [7, 11) is 0. The number of anilines is 1. The maximum absolute atomic E-state index is 13.6. The second-order valence-corrected chi connectivity index (χ2v) is 5.20. The van der Waals surface area contributed by atoms with Gasteiger partial charge >= 0.3 is 0 Å². The zero-order chi connectivity index (χ0) is 14.6. The Morgan fingerprint density at radius 3 is 2.47 bits per heavy atom. The van der Waals surface area contributed by atoms with Crippen LogP contribution in [0.2, 0.25) is 0 Å². The minimum Gasteiger partial charge on any atom is -0.396 e. The lowest BCUT2D eigenvalue weighted by atomic mass is 10.0. The molecule has 0 bridgehead atoms. The first-order chi connectivity index (χ1) is 8.81. The van der Waals surface area contributed by atoms with Gasteiger partial charge < -0.3 is 11.1 Å². The Labute approximate surface area is 112 Å². The van der Waals surface area contributed by atoms with Gasteiger partial charge in [-0.3, -0.25) is 4.79 Å². The second kappa shape index (κ2) is 6.50. The predicted molar refractivity (Wildman–Crippen MR) is 71.8 cm³/mol. The highest BCUT2D eigenvalue weighted by atomic mass is 19.1. The third-order valence-corrected chi connectivity index (χ3v) is 2.86. The van der Waals surface area contributed by atoms with Crippen molar-refractivity contribution in [2.45, 2.75) is 39.7 Å². The van der Waals surface area contributed by atoms with Crippen molar-refractivity contribution in [1.29, 1.82) is 0 Å². The zero-order valence-corrected chi connectivity index (χ0v) is 11.5. The molecule has 0 aliphatic heterocycles. The van der Waals surface area contributed by atoms with E-state index in [2.05, 4.69) is 19.2 Å². The van der Waals surface area contributed by atoms with E-state index in [1.165, 1.54) is 0 Å². The molecule has 1 atom stereocenters. The Morgan fingerprint density at radius 1 is 1.26 bits per heavy atom. The summed E-state index contributed by atoms with van der Waals surface area (Å²) >= 11 is 0. The van der Waals surface area contributed by atoms with Gasteiger partial charge in [0.05, 0.1) is 11.3 Å². The number of hydrogen-bond acceptors (Lipinski definition) is 2. The third-order valence-electron chi connectivity index (χ3n) is 2.86. The molecule has 0 aliphatic carbocycles. The fourth-order valence-electron chi connectivity index (χ4n) is 1.73. The van der Waals surface area contributed by atoms with Gasteiger partial charge in [0.1, 0.15) is 5.82 Å². The summed E-state index contributed by atoms with van der Waals surface area (Å²) < 4.78 is 26.8. The van der Waals surface area contributed by atoms with Crippen LogP contribution in [0.1, 0.15) is 44.0 Å². The predicted octanol–water partition coefficient (Wildman–Crippen LogP) is 3.10. The van der Waals surface area contributed by atoms with Gasteiger partial charge in [-0.15, -0.1) is 0 Å². The van der Waals surface area contributed by atoms with Gasteiger partial charge in [-0.25, -0.2) is 8.78 Å². The molecule has 0 aromatic heterocycles. The molecule has 106 valence electrons. The number of halogens is 2. The van der Waals surface area contributed by atoms with E-state index in [0.29, 0.717) is 5.92 Å². The molecule has 0 saturated heterocycles. The highest BCUT2D eigenvalue weighted by Gasteiger charge is 2.17. The minimum absolute atomic E-state index is 0.0983. The number of carbonyl (C=O) groups excluding carboxylic acids is 1. The molecule has 1 aromatic carbocycles. The van der Waals surface area contributed by atoms with E-state index >= 15 is 0 Å². The summed E-state index contributed by atoms with van der Waals surface area (Å²) in [5.41, 5.74) is 4.58. The average molecular weight is 270 g/mol. The molecule has 0 heterocycles. The van der Waals surface area contributed by atoms with E-state index in [1.54, 1.807) is 0 Å². The van der Waals surface area contributed by atoms with Crippen LogP contribution < -0.4 is 11.1 Å². The number of amides is 1. The maximum Gasteiger partial charge on any atom is 0.254 e. The van der Waals surface area contributed by atoms with E-state index in [4.69, 9.17) is 5.73 Å². The number of nitrogens with two attached hydrogens (primary N) is 1. The van der Waals surface area contributed by atoms with E-state index < -0.39 is 17.5 Å². The largest absolute Gasteiger partial charge is 0.396 e. The summed E-state index contributed by atoms with van der Waals surface area (Å²) in [4.78, 5) is 11.9. The Kier molecular flexibility index (Phi) is 5.27. The lowest BCUT2D eigenvalue weighted by molar-refractivity contribution is 0.0932. The molecule has 1 unspecified atom stereocenters. The molecule has 3 N–H and O–H groups in total. The van der Waals surface area contributed by atoms with Crippen molar-refractivity contribution in [3.8, 4) is 0 Å². The Hall–Kier alpha value is -1.65. The number of carbonyl (C=O) groups is 1. The lowest BCUT2D eigenvalue weighted by Gasteiger charge is -2.15. The molecular weight excluding hydrogens is 250 g/mol. The lowest BCUT2D eigenvalue weighted by Crippen LogP contribution is -2.33. The number of benzene rings is 1. The van der Waals surface area contributed by atoms with Crippen LogP contribution in [-0.4, -0.2) is 11.9 Å². The van der Waals surface area contributed by atoms with Crippen molar-refractivity contribution < 1.29 is 13.6 Å². The van der Waals surface area contributed by atoms with Gasteiger partial charge in [-0.1, -0.05) is 13.8 Å². The van der Waals surface area contributed by atoms with Crippen LogP contribution in [0, 0.1) is 17.6 Å². The molecule has 19 heavy (non-hydrogen) atoms. The van der Waals surface area contributed by atoms with Crippen LogP contribution in [0.25, 0.3) is 0 Å². The van der Waals surface area contributed by atoms with Gasteiger partial charge in [-0.2, -0.15) is 0 Å². The fourth-order valence-corrected chi connectivity index (χ4v) is 1.73. The van der Waals surface area contributed by atoms with Crippen LogP contribution in [0.4, 0.5) is 14.5 Å². The highest BCUT2D eigenvalue weighted by molar-refractivity contribution is 5.95. The molecule has 0 radical (unpaired) electrons. The SMILES string of the molecule is CC(C)CCC(C)NC(=O)c1cc(F)cc(N)c1F. The van der Waals surface area contributed by atoms with Crippen molar-refractivity contribution in [2.75, 3.05) is 5.73 Å². The molecule has 0 spiro atoms. The smallest absolute Gasteiger partial charge is 0.254 e. The summed E-state index contributed by atoms with van der Waals surface area (Å²) in [6.45, 7) is 6.00. The summed E-state index contributed by atoms with van der Waals surface area (Å²) in [5.74, 6) is -1.71. The molecule has 0 aliphatic rings. The molecule has 5 heteroatoms. The Balaban J connectivity index is 2.73. The van der Waals surface area contributed by atoms with Crippen LogP contribution in [-0.2, 0) is 0 Å². The van der Waals surface area contributed by atoms with E-state index in [1.807, 2.05) is 6.92 Å².